The van der Waals surface area contributed by atoms with Gasteiger partial charge in [-0.15, -0.1) is 0 Å². The highest BCUT2D eigenvalue weighted by Crippen LogP contribution is 2.24. The lowest BCUT2D eigenvalue weighted by Crippen LogP contribution is -2.47. The van der Waals surface area contributed by atoms with Crippen molar-refractivity contribution in [3.8, 4) is 0 Å². The summed E-state index contributed by atoms with van der Waals surface area (Å²) in [5.74, 6) is -1.73. The molecule has 0 spiro atoms. The SMILES string of the molecule is CC1CC(C(=O)O)CCN1C(=O)Nc1ccccc1F. The van der Waals surface area contributed by atoms with Gasteiger partial charge in [0.15, 0.2) is 0 Å². The summed E-state index contributed by atoms with van der Waals surface area (Å²) < 4.78 is 13.5. The van der Waals surface area contributed by atoms with E-state index in [1.165, 1.54) is 12.1 Å². The van der Waals surface area contributed by atoms with E-state index < -0.39 is 23.7 Å². The predicted molar refractivity (Wildman–Crippen MR) is 71.9 cm³/mol. The second-order valence-electron chi connectivity index (χ2n) is 5.01. The van der Waals surface area contributed by atoms with Crippen molar-refractivity contribution < 1.29 is 19.1 Å². The summed E-state index contributed by atoms with van der Waals surface area (Å²) in [7, 11) is 0. The van der Waals surface area contributed by atoms with Gasteiger partial charge in [-0.05, 0) is 31.9 Å². The number of carboxylic acids is 1. The molecule has 2 amide bonds. The molecule has 0 aliphatic carbocycles. The van der Waals surface area contributed by atoms with Crippen LogP contribution in [0.1, 0.15) is 19.8 Å². The Hall–Kier alpha value is -2.11. The molecular weight excluding hydrogens is 263 g/mol. The van der Waals surface area contributed by atoms with E-state index in [0.717, 1.165) is 0 Å². The minimum Gasteiger partial charge on any atom is -0.481 e. The van der Waals surface area contributed by atoms with E-state index in [1.54, 1.807) is 24.0 Å². The zero-order valence-corrected chi connectivity index (χ0v) is 11.2. The molecule has 1 aliphatic heterocycles. The third kappa shape index (κ3) is 3.07. The van der Waals surface area contributed by atoms with Gasteiger partial charge in [0.1, 0.15) is 5.82 Å². The first-order valence-electron chi connectivity index (χ1n) is 6.54. The fraction of sp³-hybridized carbons (Fsp3) is 0.429. The fourth-order valence-corrected chi connectivity index (χ4v) is 2.45. The Morgan fingerprint density at radius 1 is 1.40 bits per heavy atom. The van der Waals surface area contributed by atoms with Gasteiger partial charge in [0.2, 0.25) is 0 Å². The second kappa shape index (κ2) is 5.90. The number of hydrogen-bond acceptors (Lipinski definition) is 2. The van der Waals surface area contributed by atoms with Crippen LogP contribution >= 0.6 is 0 Å². The average molecular weight is 280 g/mol. The minimum absolute atomic E-state index is 0.130. The summed E-state index contributed by atoms with van der Waals surface area (Å²) >= 11 is 0. The Labute approximate surface area is 116 Å². The number of para-hydroxylation sites is 1. The number of likely N-dealkylation sites (tertiary alicyclic amines) is 1. The normalized spacial score (nSPS) is 22.4. The number of aliphatic carboxylic acids is 1. The molecule has 108 valence electrons. The largest absolute Gasteiger partial charge is 0.481 e. The number of halogens is 1. The number of carbonyl (C=O) groups excluding carboxylic acids is 1. The van der Waals surface area contributed by atoms with Crippen LogP contribution in [0.2, 0.25) is 0 Å². The molecule has 0 saturated carbocycles. The van der Waals surface area contributed by atoms with Crippen molar-refractivity contribution in [1.82, 2.24) is 4.90 Å². The van der Waals surface area contributed by atoms with Gasteiger partial charge >= 0.3 is 12.0 Å². The van der Waals surface area contributed by atoms with Gasteiger partial charge in [-0.3, -0.25) is 4.79 Å². The van der Waals surface area contributed by atoms with E-state index in [1.807, 2.05) is 0 Å². The van der Waals surface area contributed by atoms with Gasteiger partial charge in [0.05, 0.1) is 11.6 Å². The highest BCUT2D eigenvalue weighted by atomic mass is 19.1. The maximum Gasteiger partial charge on any atom is 0.322 e. The van der Waals surface area contributed by atoms with Gasteiger partial charge < -0.3 is 15.3 Å². The lowest BCUT2D eigenvalue weighted by atomic mass is 9.92. The number of benzene rings is 1. The van der Waals surface area contributed by atoms with Crippen LogP contribution < -0.4 is 5.32 Å². The number of nitrogens with zero attached hydrogens (tertiary/aromatic N) is 1. The molecule has 2 unspecified atom stereocenters. The Kier molecular flexibility index (Phi) is 4.22. The lowest BCUT2D eigenvalue weighted by molar-refractivity contribution is -0.143. The van der Waals surface area contributed by atoms with E-state index >= 15 is 0 Å². The highest BCUT2D eigenvalue weighted by Gasteiger charge is 2.32. The maximum absolute atomic E-state index is 13.5. The number of carbonyl (C=O) groups is 2. The van der Waals surface area contributed by atoms with Crippen molar-refractivity contribution in [2.45, 2.75) is 25.8 Å². The van der Waals surface area contributed by atoms with Crippen molar-refractivity contribution in [1.29, 1.82) is 0 Å². The number of anilines is 1. The quantitative estimate of drug-likeness (QED) is 0.874. The summed E-state index contributed by atoms with van der Waals surface area (Å²) in [4.78, 5) is 24.6. The number of urea groups is 1. The summed E-state index contributed by atoms with van der Waals surface area (Å²) in [5.41, 5.74) is 0.130. The van der Waals surface area contributed by atoms with Crippen LogP contribution in [-0.2, 0) is 4.79 Å². The van der Waals surface area contributed by atoms with Crippen LogP contribution in [0, 0.1) is 11.7 Å². The fourth-order valence-electron chi connectivity index (χ4n) is 2.45. The zero-order valence-electron chi connectivity index (χ0n) is 11.2. The number of amides is 2. The van der Waals surface area contributed by atoms with Gasteiger partial charge in [-0.2, -0.15) is 0 Å². The Morgan fingerprint density at radius 2 is 2.10 bits per heavy atom. The van der Waals surface area contributed by atoms with E-state index in [4.69, 9.17) is 5.11 Å². The van der Waals surface area contributed by atoms with Crippen molar-refractivity contribution in [3.05, 3.63) is 30.1 Å². The number of rotatable bonds is 2. The zero-order chi connectivity index (χ0) is 14.7. The van der Waals surface area contributed by atoms with Crippen molar-refractivity contribution in [2.75, 3.05) is 11.9 Å². The Balaban J connectivity index is 2.00. The summed E-state index contributed by atoms with van der Waals surface area (Å²) in [6.45, 7) is 2.16. The molecule has 1 saturated heterocycles. The van der Waals surface area contributed by atoms with E-state index in [0.29, 0.717) is 19.4 Å². The number of piperidine rings is 1. The number of carboxylic acid groups (broad SMARTS) is 1. The first kappa shape index (κ1) is 14.3. The Bertz CT molecular complexity index is 521. The third-order valence-corrected chi connectivity index (χ3v) is 3.60. The van der Waals surface area contributed by atoms with Crippen molar-refractivity contribution in [3.63, 3.8) is 0 Å². The topological polar surface area (TPSA) is 69.6 Å². The highest BCUT2D eigenvalue weighted by molar-refractivity contribution is 5.89. The van der Waals surface area contributed by atoms with Crippen LogP contribution in [0.15, 0.2) is 24.3 Å². The van der Waals surface area contributed by atoms with Crippen LogP contribution in [0.5, 0.6) is 0 Å². The van der Waals surface area contributed by atoms with Crippen LogP contribution in [-0.4, -0.2) is 34.6 Å². The third-order valence-electron chi connectivity index (χ3n) is 3.60. The van der Waals surface area contributed by atoms with Gasteiger partial charge in [-0.1, -0.05) is 12.1 Å². The van der Waals surface area contributed by atoms with E-state index in [9.17, 15) is 14.0 Å². The summed E-state index contributed by atoms with van der Waals surface area (Å²) in [6.07, 6.45) is 0.838. The summed E-state index contributed by atoms with van der Waals surface area (Å²) in [6, 6.07) is 5.37. The molecule has 0 radical (unpaired) electrons. The van der Waals surface area contributed by atoms with Crippen LogP contribution in [0.25, 0.3) is 0 Å². The molecule has 1 aromatic rings. The predicted octanol–water partition coefficient (Wildman–Crippen LogP) is 2.54. The average Bonchev–Trinajstić information content (AvgIpc) is 2.41. The maximum atomic E-state index is 13.5. The molecule has 1 aromatic carbocycles. The molecular formula is C14H17FN2O3. The molecule has 5 nitrogen and oxygen atoms in total. The lowest BCUT2D eigenvalue weighted by Gasteiger charge is -2.36. The van der Waals surface area contributed by atoms with Crippen molar-refractivity contribution in [2.24, 2.45) is 5.92 Å². The molecule has 1 heterocycles. The first-order chi connectivity index (χ1) is 9.49. The smallest absolute Gasteiger partial charge is 0.322 e. The molecule has 2 N–H and O–H groups in total. The number of nitrogens with one attached hydrogen (secondary N) is 1. The van der Waals surface area contributed by atoms with Crippen molar-refractivity contribution >= 4 is 17.7 Å². The van der Waals surface area contributed by atoms with Gasteiger partial charge in [0.25, 0.3) is 0 Å². The first-order valence-corrected chi connectivity index (χ1v) is 6.54. The van der Waals surface area contributed by atoms with Gasteiger partial charge in [-0.25, -0.2) is 9.18 Å². The Morgan fingerprint density at radius 3 is 2.70 bits per heavy atom. The molecule has 2 rings (SSSR count). The van der Waals surface area contributed by atoms with Crippen LogP contribution in [0.3, 0.4) is 0 Å². The van der Waals surface area contributed by atoms with E-state index in [-0.39, 0.29) is 11.7 Å². The van der Waals surface area contributed by atoms with Crippen LogP contribution in [0.4, 0.5) is 14.9 Å². The van der Waals surface area contributed by atoms with E-state index in [2.05, 4.69) is 5.32 Å². The number of hydrogen-bond donors (Lipinski definition) is 2. The molecule has 1 fully saturated rings. The minimum atomic E-state index is -0.828. The molecule has 1 aliphatic rings. The molecule has 0 aromatic heterocycles. The van der Waals surface area contributed by atoms with Gasteiger partial charge in [0, 0.05) is 12.6 Å². The summed E-state index contributed by atoms with van der Waals surface area (Å²) in [5, 5.41) is 11.5. The molecule has 6 heteroatoms. The standard InChI is InChI=1S/C14H17FN2O3/c1-9-8-10(13(18)19)6-7-17(9)14(20)16-12-5-3-2-4-11(12)15/h2-5,9-10H,6-8H2,1H3,(H,16,20)(H,18,19). The molecule has 0 bridgehead atoms. The second-order valence-corrected chi connectivity index (χ2v) is 5.01. The molecule has 2 atom stereocenters. The monoisotopic (exact) mass is 280 g/mol. The molecule has 20 heavy (non-hydrogen) atoms.